The molecular formula is C11H21NO. The molecule has 0 radical (unpaired) electrons. The van der Waals surface area contributed by atoms with E-state index < -0.39 is 0 Å². The second kappa shape index (κ2) is 4.23. The summed E-state index contributed by atoms with van der Waals surface area (Å²) in [4.78, 5) is 11.9. The van der Waals surface area contributed by atoms with Gasteiger partial charge in [0, 0.05) is 6.42 Å². The molecule has 0 aromatic carbocycles. The maximum atomic E-state index is 11.9. The Labute approximate surface area is 81.1 Å². The fraction of sp³-hybridized carbons (Fsp3) is 0.909. The lowest BCUT2D eigenvalue weighted by Crippen LogP contribution is -2.47. The highest BCUT2D eigenvalue weighted by atomic mass is 16.1. The van der Waals surface area contributed by atoms with Crippen molar-refractivity contribution in [3.8, 4) is 0 Å². The van der Waals surface area contributed by atoms with Crippen molar-refractivity contribution in [2.45, 2.75) is 52.0 Å². The molecule has 0 bridgehead atoms. The van der Waals surface area contributed by atoms with Gasteiger partial charge in [0.1, 0.15) is 0 Å². The predicted octanol–water partition coefficient (Wildman–Crippen LogP) is 2.13. The van der Waals surface area contributed by atoms with E-state index in [-0.39, 0.29) is 5.54 Å². The molecule has 0 saturated carbocycles. The third-order valence-electron chi connectivity index (χ3n) is 2.97. The Morgan fingerprint density at radius 3 is 2.62 bits per heavy atom. The molecule has 0 aromatic rings. The zero-order valence-electron chi connectivity index (χ0n) is 9.02. The van der Waals surface area contributed by atoms with Crippen LogP contribution in [0.2, 0.25) is 0 Å². The van der Waals surface area contributed by atoms with Crippen LogP contribution in [0.3, 0.4) is 0 Å². The minimum absolute atomic E-state index is 0.162. The molecule has 1 fully saturated rings. The van der Waals surface area contributed by atoms with Gasteiger partial charge in [-0.2, -0.15) is 0 Å². The average Bonchev–Trinajstić information content (AvgIpc) is 2.51. The summed E-state index contributed by atoms with van der Waals surface area (Å²) < 4.78 is 0. The number of nitrogens with one attached hydrogen (secondary N) is 1. The molecule has 2 nitrogen and oxygen atoms in total. The van der Waals surface area contributed by atoms with Gasteiger partial charge in [0.15, 0.2) is 5.78 Å². The summed E-state index contributed by atoms with van der Waals surface area (Å²) in [6.45, 7) is 7.33. The van der Waals surface area contributed by atoms with Crippen molar-refractivity contribution in [3.63, 3.8) is 0 Å². The van der Waals surface area contributed by atoms with Crippen LogP contribution in [0.15, 0.2) is 0 Å². The number of hydrogen-bond acceptors (Lipinski definition) is 2. The molecule has 0 spiro atoms. The predicted molar refractivity (Wildman–Crippen MR) is 54.7 cm³/mol. The third-order valence-corrected chi connectivity index (χ3v) is 2.97. The first-order chi connectivity index (χ1) is 6.10. The topological polar surface area (TPSA) is 29.1 Å². The molecule has 76 valence electrons. The van der Waals surface area contributed by atoms with Crippen molar-refractivity contribution in [3.05, 3.63) is 0 Å². The van der Waals surface area contributed by atoms with Gasteiger partial charge in [0.05, 0.1) is 5.54 Å². The van der Waals surface area contributed by atoms with Gasteiger partial charge in [0.2, 0.25) is 0 Å². The Kier molecular flexibility index (Phi) is 3.48. The van der Waals surface area contributed by atoms with E-state index in [2.05, 4.69) is 26.1 Å². The van der Waals surface area contributed by atoms with E-state index in [1.807, 2.05) is 0 Å². The largest absolute Gasteiger partial charge is 0.305 e. The van der Waals surface area contributed by atoms with E-state index >= 15 is 0 Å². The summed E-state index contributed by atoms with van der Waals surface area (Å²) in [5.41, 5.74) is -0.162. The van der Waals surface area contributed by atoms with Gasteiger partial charge in [0.25, 0.3) is 0 Å². The lowest BCUT2D eigenvalue weighted by Gasteiger charge is -2.27. The fourth-order valence-electron chi connectivity index (χ4n) is 2.11. The maximum absolute atomic E-state index is 11.9. The van der Waals surface area contributed by atoms with Crippen LogP contribution in [0.4, 0.5) is 0 Å². The van der Waals surface area contributed by atoms with E-state index in [4.69, 9.17) is 0 Å². The standard InChI is InChI=1S/C11H21NO/c1-4-11(6-5-7-12-11)10(13)8-9(2)3/h9,12H,4-8H2,1-3H3. The van der Waals surface area contributed by atoms with Crippen molar-refractivity contribution >= 4 is 5.78 Å². The summed E-state index contributed by atoms with van der Waals surface area (Å²) in [6.07, 6.45) is 3.85. The molecule has 1 aliphatic rings. The van der Waals surface area contributed by atoms with Crippen LogP contribution in [-0.2, 0) is 4.79 Å². The maximum Gasteiger partial charge on any atom is 0.153 e. The molecule has 0 amide bonds. The molecule has 2 heteroatoms. The molecule has 0 aromatic heterocycles. The molecular weight excluding hydrogens is 162 g/mol. The third kappa shape index (κ3) is 2.31. The number of carbonyl (C=O) groups excluding carboxylic acids is 1. The number of carbonyl (C=O) groups is 1. The van der Waals surface area contributed by atoms with E-state index in [1.165, 1.54) is 0 Å². The Balaban J connectivity index is 2.60. The fourth-order valence-corrected chi connectivity index (χ4v) is 2.11. The van der Waals surface area contributed by atoms with Crippen molar-refractivity contribution in [1.82, 2.24) is 5.32 Å². The van der Waals surface area contributed by atoms with Crippen LogP contribution in [0.25, 0.3) is 0 Å². The monoisotopic (exact) mass is 183 g/mol. The van der Waals surface area contributed by atoms with E-state index in [0.717, 1.165) is 32.2 Å². The molecule has 1 unspecified atom stereocenters. The molecule has 13 heavy (non-hydrogen) atoms. The zero-order valence-corrected chi connectivity index (χ0v) is 9.02. The van der Waals surface area contributed by atoms with Gasteiger partial charge in [-0.25, -0.2) is 0 Å². The Morgan fingerprint density at radius 2 is 2.23 bits per heavy atom. The second-order valence-electron chi connectivity index (χ2n) is 4.49. The summed E-state index contributed by atoms with van der Waals surface area (Å²) in [6, 6.07) is 0. The Hall–Kier alpha value is -0.370. The smallest absolute Gasteiger partial charge is 0.153 e. The van der Waals surface area contributed by atoms with Gasteiger partial charge in [-0.15, -0.1) is 0 Å². The number of ketones is 1. The molecule has 0 aliphatic carbocycles. The second-order valence-corrected chi connectivity index (χ2v) is 4.49. The van der Waals surface area contributed by atoms with E-state index in [0.29, 0.717) is 11.7 Å². The van der Waals surface area contributed by atoms with Crippen molar-refractivity contribution in [2.24, 2.45) is 5.92 Å². The number of rotatable bonds is 4. The van der Waals surface area contributed by atoms with Crippen LogP contribution < -0.4 is 5.32 Å². The van der Waals surface area contributed by atoms with Crippen LogP contribution in [0.1, 0.15) is 46.5 Å². The highest BCUT2D eigenvalue weighted by molar-refractivity contribution is 5.88. The highest BCUT2D eigenvalue weighted by Crippen LogP contribution is 2.26. The van der Waals surface area contributed by atoms with Gasteiger partial charge in [-0.3, -0.25) is 4.79 Å². The van der Waals surface area contributed by atoms with Gasteiger partial charge in [-0.05, 0) is 31.7 Å². The summed E-state index contributed by atoms with van der Waals surface area (Å²) in [5, 5.41) is 3.38. The summed E-state index contributed by atoms with van der Waals surface area (Å²) in [7, 11) is 0. The molecule has 1 heterocycles. The average molecular weight is 183 g/mol. The SMILES string of the molecule is CCC1(C(=O)CC(C)C)CCCN1. The first-order valence-corrected chi connectivity index (χ1v) is 5.39. The Bertz CT molecular complexity index is 181. The minimum Gasteiger partial charge on any atom is -0.305 e. The first-order valence-electron chi connectivity index (χ1n) is 5.39. The van der Waals surface area contributed by atoms with Crippen LogP contribution >= 0.6 is 0 Å². The van der Waals surface area contributed by atoms with Crippen molar-refractivity contribution < 1.29 is 4.79 Å². The van der Waals surface area contributed by atoms with Crippen molar-refractivity contribution in [1.29, 1.82) is 0 Å². The van der Waals surface area contributed by atoms with E-state index in [9.17, 15) is 4.79 Å². The highest BCUT2D eigenvalue weighted by Gasteiger charge is 2.38. The van der Waals surface area contributed by atoms with Crippen LogP contribution in [0.5, 0.6) is 0 Å². The lowest BCUT2D eigenvalue weighted by molar-refractivity contribution is -0.125. The summed E-state index contributed by atoms with van der Waals surface area (Å²) >= 11 is 0. The molecule has 1 rings (SSSR count). The van der Waals surface area contributed by atoms with Gasteiger partial charge in [-0.1, -0.05) is 20.8 Å². The quantitative estimate of drug-likeness (QED) is 0.723. The zero-order chi connectivity index (χ0) is 9.90. The van der Waals surface area contributed by atoms with Gasteiger partial charge < -0.3 is 5.32 Å². The number of Topliss-reactive ketones (excluding diaryl/α,β-unsaturated/α-hetero) is 1. The first kappa shape index (κ1) is 10.7. The molecule has 1 saturated heterocycles. The van der Waals surface area contributed by atoms with Crippen LogP contribution in [-0.4, -0.2) is 17.9 Å². The lowest BCUT2D eigenvalue weighted by atomic mass is 9.85. The van der Waals surface area contributed by atoms with Crippen molar-refractivity contribution in [2.75, 3.05) is 6.54 Å². The normalized spacial score (nSPS) is 28.3. The molecule has 1 N–H and O–H groups in total. The number of hydrogen-bond donors (Lipinski definition) is 1. The Morgan fingerprint density at radius 1 is 1.54 bits per heavy atom. The van der Waals surface area contributed by atoms with Gasteiger partial charge >= 0.3 is 0 Å². The molecule has 1 aliphatic heterocycles. The van der Waals surface area contributed by atoms with Crippen LogP contribution in [0, 0.1) is 5.92 Å². The van der Waals surface area contributed by atoms with E-state index in [1.54, 1.807) is 0 Å². The minimum atomic E-state index is -0.162. The summed E-state index contributed by atoms with van der Waals surface area (Å²) in [5.74, 6) is 0.904. The molecule has 1 atom stereocenters.